The number of carbonyl (C=O) groups is 1. The molecular formula is C29H38N2O2. The molecule has 2 aromatic rings. The van der Waals surface area contributed by atoms with Gasteiger partial charge >= 0.3 is 0 Å². The van der Waals surface area contributed by atoms with Crippen LogP contribution in [-0.2, 0) is 28.8 Å². The fourth-order valence-electron chi connectivity index (χ4n) is 6.03. The minimum Gasteiger partial charge on any atom is -0.376 e. The van der Waals surface area contributed by atoms with Crippen molar-refractivity contribution in [2.45, 2.75) is 64.0 Å². The monoisotopic (exact) mass is 446 g/mol. The topological polar surface area (TPSA) is 32.8 Å². The van der Waals surface area contributed by atoms with Gasteiger partial charge in [0.05, 0.1) is 12.5 Å². The molecule has 2 heterocycles. The van der Waals surface area contributed by atoms with Crippen LogP contribution >= 0.6 is 0 Å². The van der Waals surface area contributed by atoms with Gasteiger partial charge < -0.3 is 9.64 Å². The van der Waals surface area contributed by atoms with E-state index < -0.39 is 0 Å². The number of carbonyl (C=O) groups excluding carboxylic acids is 1. The minimum absolute atomic E-state index is 0.212. The molecule has 5 rings (SSSR count). The number of likely N-dealkylation sites (tertiary alicyclic amines) is 1. The first-order valence-corrected chi connectivity index (χ1v) is 12.9. The van der Waals surface area contributed by atoms with E-state index in [1.54, 1.807) is 0 Å². The molecule has 2 aliphatic heterocycles. The molecular weight excluding hydrogens is 408 g/mol. The number of piperidine rings is 1. The summed E-state index contributed by atoms with van der Waals surface area (Å²) < 4.78 is 5.91. The second kappa shape index (κ2) is 10.4. The van der Waals surface area contributed by atoms with Gasteiger partial charge in [-0.05, 0) is 81.1 Å². The summed E-state index contributed by atoms with van der Waals surface area (Å²) in [6.45, 7) is 6.87. The summed E-state index contributed by atoms with van der Waals surface area (Å²) >= 11 is 0. The lowest BCUT2D eigenvalue weighted by molar-refractivity contribution is -0.133. The van der Waals surface area contributed by atoms with Gasteiger partial charge in [-0.15, -0.1) is 0 Å². The molecule has 0 aromatic heterocycles. The normalized spacial score (nSPS) is 21.9. The maximum absolute atomic E-state index is 13.3. The molecule has 176 valence electrons. The van der Waals surface area contributed by atoms with Crippen molar-refractivity contribution < 1.29 is 9.53 Å². The first-order chi connectivity index (χ1) is 16.1. The van der Waals surface area contributed by atoms with Crippen molar-refractivity contribution in [2.75, 3.05) is 32.8 Å². The fourth-order valence-corrected chi connectivity index (χ4v) is 6.03. The zero-order valence-corrected chi connectivity index (χ0v) is 20.0. The average molecular weight is 447 g/mol. The number of ether oxygens (including phenoxy) is 1. The van der Waals surface area contributed by atoms with Gasteiger partial charge in [0.15, 0.2) is 0 Å². The van der Waals surface area contributed by atoms with Crippen molar-refractivity contribution in [3.8, 4) is 0 Å². The molecule has 1 aliphatic carbocycles. The fraction of sp³-hybridized carbons (Fsp3) is 0.552. The first kappa shape index (κ1) is 22.6. The van der Waals surface area contributed by atoms with E-state index in [2.05, 4.69) is 65.3 Å². The molecule has 1 amide bonds. The standard InChI is InChI=1S/C29H38N2O2/c1-22-6-4-7-24(16-22)17-29(32)31(21-28-10-5-15-33-28)20-23-11-13-30(14-12-23)27-18-25-8-2-3-9-26(25)19-27/h2-4,6-9,16,23,27-28H,5,10-15,17-21H2,1H3. The van der Waals surface area contributed by atoms with Crippen LogP contribution in [0, 0.1) is 12.8 Å². The highest BCUT2D eigenvalue weighted by atomic mass is 16.5. The predicted octanol–water partition coefficient (Wildman–Crippen LogP) is 4.42. The molecule has 2 saturated heterocycles. The van der Waals surface area contributed by atoms with E-state index in [-0.39, 0.29) is 12.0 Å². The highest BCUT2D eigenvalue weighted by molar-refractivity contribution is 5.78. The van der Waals surface area contributed by atoms with Crippen molar-refractivity contribution >= 4 is 5.91 Å². The van der Waals surface area contributed by atoms with Crippen molar-refractivity contribution in [3.05, 3.63) is 70.8 Å². The Morgan fingerprint density at radius 3 is 2.42 bits per heavy atom. The lowest BCUT2D eigenvalue weighted by Gasteiger charge is -2.38. The third-order valence-corrected chi connectivity index (χ3v) is 7.91. The molecule has 4 heteroatoms. The Morgan fingerprint density at radius 1 is 1.00 bits per heavy atom. The molecule has 2 fully saturated rings. The molecule has 3 aliphatic rings. The molecule has 33 heavy (non-hydrogen) atoms. The maximum atomic E-state index is 13.3. The maximum Gasteiger partial charge on any atom is 0.227 e. The van der Waals surface area contributed by atoms with Crippen LogP contribution in [0.15, 0.2) is 48.5 Å². The highest BCUT2D eigenvalue weighted by Crippen LogP contribution is 2.29. The van der Waals surface area contributed by atoms with E-state index in [1.807, 2.05) is 0 Å². The van der Waals surface area contributed by atoms with Crippen LogP contribution in [0.1, 0.15) is 47.9 Å². The number of fused-ring (bicyclic) bond motifs is 1. The van der Waals surface area contributed by atoms with Gasteiger partial charge in [-0.2, -0.15) is 0 Å². The molecule has 1 unspecified atom stereocenters. The summed E-state index contributed by atoms with van der Waals surface area (Å²) in [5.74, 6) is 0.845. The Bertz CT molecular complexity index is 919. The summed E-state index contributed by atoms with van der Waals surface area (Å²) in [4.78, 5) is 18.2. The average Bonchev–Trinajstić information content (AvgIpc) is 3.49. The Kier molecular flexibility index (Phi) is 7.13. The molecule has 0 spiro atoms. The summed E-state index contributed by atoms with van der Waals surface area (Å²) in [5.41, 5.74) is 5.41. The van der Waals surface area contributed by atoms with Crippen LogP contribution in [0.4, 0.5) is 0 Å². The number of benzene rings is 2. The number of nitrogens with zero attached hydrogens (tertiary/aromatic N) is 2. The summed E-state index contributed by atoms with van der Waals surface area (Å²) in [5, 5.41) is 0. The van der Waals surface area contributed by atoms with Crippen molar-refractivity contribution in [1.82, 2.24) is 9.80 Å². The van der Waals surface area contributed by atoms with Crippen LogP contribution in [-0.4, -0.2) is 60.6 Å². The van der Waals surface area contributed by atoms with Gasteiger partial charge in [0.25, 0.3) is 0 Å². The van der Waals surface area contributed by atoms with E-state index in [0.717, 1.165) is 51.2 Å². The number of aryl methyl sites for hydroxylation is 1. The van der Waals surface area contributed by atoms with Crippen LogP contribution in [0.25, 0.3) is 0 Å². The van der Waals surface area contributed by atoms with Gasteiger partial charge in [-0.3, -0.25) is 9.69 Å². The highest BCUT2D eigenvalue weighted by Gasteiger charge is 2.31. The number of hydrogen-bond acceptors (Lipinski definition) is 3. The lowest BCUT2D eigenvalue weighted by Crippen LogP contribution is -2.46. The molecule has 1 atom stereocenters. The third kappa shape index (κ3) is 5.67. The summed E-state index contributed by atoms with van der Waals surface area (Å²) in [6.07, 6.45) is 7.67. The lowest BCUT2D eigenvalue weighted by atomic mass is 9.94. The van der Waals surface area contributed by atoms with E-state index in [0.29, 0.717) is 18.4 Å². The van der Waals surface area contributed by atoms with Crippen molar-refractivity contribution in [1.29, 1.82) is 0 Å². The van der Waals surface area contributed by atoms with E-state index >= 15 is 0 Å². The second-order valence-electron chi connectivity index (χ2n) is 10.4. The first-order valence-electron chi connectivity index (χ1n) is 12.9. The summed E-state index contributed by atoms with van der Waals surface area (Å²) in [6, 6.07) is 18.0. The van der Waals surface area contributed by atoms with Gasteiger partial charge in [0.2, 0.25) is 5.91 Å². The molecule has 4 nitrogen and oxygen atoms in total. The molecule has 0 bridgehead atoms. The molecule has 0 radical (unpaired) electrons. The smallest absolute Gasteiger partial charge is 0.227 e. The molecule has 2 aromatic carbocycles. The van der Waals surface area contributed by atoms with Crippen LogP contribution in [0.2, 0.25) is 0 Å². The van der Waals surface area contributed by atoms with E-state index in [9.17, 15) is 4.79 Å². The Balaban J connectivity index is 1.17. The SMILES string of the molecule is Cc1cccc(CC(=O)N(CC2CCN(C3Cc4ccccc4C3)CC2)CC2CCCO2)c1. The Hall–Kier alpha value is -2.17. The number of hydrogen-bond donors (Lipinski definition) is 0. The summed E-state index contributed by atoms with van der Waals surface area (Å²) in [7, 11) is 0. The Morgan fingerprint density at radius 2 is 1.76 bits per heavy atom. The second-order valence-corrected chi connectivity index (χ2v) is 10.4. The van der Waals surface area contributed by atoms with Crippen LogP contribution in [0.5, 0.6) is 0 Å². The number of amides is 1. The van der Waals surface area contributed by atoms with Crippen LogP contribution < -0.4 is 0 Å². The molecule has 0 saturated carbocycles. The minimum atomic E-state index is 0.212. The van der Waals surface area contributed by atoms with Crippen molar-refractivity contribution in [3.63, 3.8) is 0 Å². The quantitative estimate of drug-likeness (QED) is 0.631. The van der Waals surface area contributed by atoms with Gasteiger partial charge in [0, 0.05) is 25.7 Å². The zero-order chi connectivity index (χ0) is 22.6. The Labute approximate surface area is 198 Å². The van der Waals surface area contributed by atoms with E-state index in [4.69, 9.17) is 4.74 Å². The molecule has 0 N–H and O–H groups in total. The zero-order valence-electron chi connectivity index (χ0n) is 20.0. The number of rotatable bonds is 7. The largest absolute Gasteiger partial charge is 0.376 e. The van der Waals surface area contributed by atoms with Gasteiger partial charge in [-0.1, -0.05) is 54.1 Å². The van der Waals surface area contributed by atoms with E-state index in [1.165, 1.54) is 42.4 Å². The van der Waals surface area contributed by atoms with Gasteiger partial charge in [-0.25, -0.2) is 0 Å². The van der Waals surface area contributed by atoms with Crippen LogP contribution in [0.3, 0.4) is 0 Å². The van der Waals surface area contributed by atoms with Crippen molar-refractivity contribution in [2.24, 2.45) is 5.92 Å². The third-order valence-electron chi connectivity index (χ3n) is 7.91. The predicted molar refractivity (Wildman–Crippen MR) is 132 cm³/mol. The van der Waals surface area contributed by atoms with Gasteiger partial charge in [0.1, 0.15) is 0 Å².